The van der Waals surface area contributed by atoms with Gasteiger partial charge in [-0.2, -0.15) is 5.10 Å². The second kappa shape index (κ2) is 11.0. The van der Waals surface area contributed by atoms with Crippen molar-refractivity contribution in [2.24, 2.45) is 11.0 Å². The molecule has 0 fully saturated rings. The molecule has 0 saturated carbocycles. The van der Waals surface area contributed by atoms with Gasteiger partial charge >= 0.3 is 0 Å². The van der Waals surface area contributed by atoms with Crippen molar-refractivity contribution in [1.29, 1.82) is 0 Å². The number of hydrogen-bond donors (Lipinski definition) is 3. The number of allylic oxidation sites excluding steroid dienone is 6. The maximum Gasteiger partial charge on any atom is 0.221 e. The van der Waals surface area contributed by atoms with E-state index in [1.807, 2.05) is 30.4 Å². The zero-order valence-electron chi connectivity index (χ0n) is 20.8. The fraction of sp³-hybridized carbons (Fsp3) is 0.207. The van der Waals surface area contributed by atoms with Gasteiger partial charge in [-0.3, -0.25) is 0 Å². The summed E-state index contributed by atoms with van der Waals surface area (Å²) >= 11 is 1.23. The number of para-hydroxylation sites is 1. The number of hydrazone groups is 1. The zero-order valence-corrected chi connectivity index (χ0v) is 22.4. The van der Waals surface area contributed by atoms with E-state index in [1.54, 1.807) is 53.2 Å². The number of benzene rings is 2. The van der Waals surface area contributed by atoms with Crippen LogP contribution < -0.4 is 5.32 Å². The number of anilines is 1. The van der Waals surface area contributed by atoms with E-state index in [0.717, 1.165) is 17.7 Å². The van der Waals surface area contributed by atoms with Crippen molar-refractivity contribution in [2.75, 3.05) is 5.32 Å². The molecule has 38 heavy (non-hydrogen) atoms. The van der Waals surface area contributed by atoms with Gasteiger partial charge in [0, 0.05) is 22.7 Å². The lowest BCUT2D eigenvalue weighted by Crippen LogP contribution is -2.37. The molecule has 0 bridgehead atoms. The highest BCUT2D eigenvalue weighted by Gasteiger charge is 2.35. The molecule has 3 N–H and O–H groups in total. The van der Waals surface area contributed by atoms with Gasteiger partial charge < -0.3 is 15.5 Å². The standard InChI is InChI=1S/C29H29N3O4S2/c1-20-10-4-2-5-11-21(16-20)24-17-26(23-14-8-9-15-27(23)33)32(31-24)29(34)30-25-18-37-19-28(25)38(35,36)22-12-6-3-7-13-22/h2-9,11-16,18-20,26,29-30,33-34H,10,17H2,1H3/b4-2+,11-5-,21-16+. The van der Waals surface area contributed by atoms with E-state index in [9.17, 15) is 18.6 Å². The van der Waals surface area contributed by atoms with E-state index in [-0.39, 0.29) is 21.2 Å². The molecule has 0 radical (unpaired) electrons. The summed E-state index contributed by atoms with van der Waals surface area (Å²) in [6.07, 6.45) is 10.3. The topological polar surface area (TPSA) is 102 Å². The summed E-state index contributed by atoms with van der Waals surface area (Å²) in [6, 6.07) is 14.7. The number of phenols is 1. The fourth-order valence-electron chi connectivity index (χ4n) is 4.63. The number of phenolic OH excluding ortho intramolecular Hbond substituents is 1. The van der Waals surface area contributed by atoms with E-state index in [2.05, 4.69) is 24.4 Å². The lowest BCUT2D eigenvalue weighted by atomic mass is 9.94. The highest BCUT2D eigenvalue weighted by molar-refractivity contribution is 7.91. The van der Waals surface area contributed by atoms with Crippen LogP contribution in [0.1, 0.15) is 31.4 Å². The van der Waals surface area contributed by atoms with E-state index in [4.69, 9.17) is 5.10 Å². The number of rotatable bonds is 7. The smallest absolute Gasteiger partial charge is 0.221 e. The van der Waals surface area contributed by atoms with Gasteiger partial charge in [0.1, 0.15) is 10.6 Å². The van der Waals surface area contributed by atoms with E-state index < -0.39 is 22.2 Å². The summed E-state index contributed by atoms with van der Waals surface area (Å²) in [6.45, 7) is 2.14. The molecule has 3 unspecified atom stereocenters. The fourth-order valence-corrected chi connectivity index (χ4v) is 7.21. The minimum Gasteiger partial charge on any atom is -0.508 e. The minimum atomic E-state index is -3.79. The van der Waals surface area contributed by atoms with Crippen LogP contribution in [0.2, 0.25) is 0 Å². The molecular weight excluding hydrogens is 518 g/mol. The quantitative estimate of drug-likeness (QED) is 0.321. The SMILES string of the molecule is CC1\C=C(C2=NN(C(O)Nc3cscc3S(=O)(=O)c3ccccc3)C(c3ccccc3O)C2)/C=C\C=C\C1. The van der Waals surface area contributed by atoms with Crippen molar-refractivity contribution in [2.45, 2.75) is 42.0 Å². The second-order valence-electron chi connectivity index (χ2n) is 9.31. The number of sulfone groups is 1. The van der Waals surface area contributed by atoms with Crippen LogP contribution in [0.5, 0.6) is 5.75 Å². The average Bonchev–Trinajstić information content (AvgIpc) is 3.55. The molecule has 2 aromatic carbocycles. The number of aromatic hydroxyl groups is 1. The summed E-state index contributed by atoms with van der Waals surface area (Å²) < 4.78 is 26.6. The van der Waals surface area contributed by atoms with E-state index in [1.165, 1.54) is 16.3 Å². The predicted octanol–water partition coefficient (Wildman–Crippen LogP) is 5.86. The average molecular weight is 548 g/mol. The Labute approximate surface area is 226 Å². The molecule has 1 aliphatic heterocycles. The van der Waals surface area contributed by atoms with Crippen molar-refractivity contribution < 1.29 is 18.6 Å². The number of hydrogen-bond acceptors (Lipinski definition) is 8. The van der Waals surface area contributed by atoms with Crippen molar-refractivity contribution in [1.82, 2.24) is 5.01 Å². The van der Waals surface area contributed by atoms with Gasteiger partial charge in [-0.15, -0.1) is 11.3 Å². The largest absolute Gasteiger partial charge is 0.508 e. The molecule has 2 aliphatic rings. The molecule has 3 aromatic rings. The first-order valence-electron chi connectivity index (χ1n) is 12.3. The first kappa shape index (κ1) is 26.0. The first-order chi connectivity index (χ1) is 18.3. The van der Waals surface area contributed by atoms with Gasteiger partial charge in [-0.1, -0.05) is 73.7 Å². The summed E-state index contributed by atoms with van der Waals surface area (Å²) in [5.41, 5.74) is 2.65. The Kier molecular flexibility index (Phi) is 7.51. The molecule has 1 aromatic heterocycles. The van der Waals surface area contributed by atoms with E-state index >= 15 is 0 Å². The van der Waals surface area contributed by atoms with Gasteiger partial charge in [-0.05, 0) is 36.1 Å². The Morgan fingerprint density at radius 2 is 1.84 bits per heavy atom. The molecule has 0 amide bonds. The summed E-state index contributed by atoms with van der Waals surface area (Å²) in [5.74, 6) is 0.415. The Bertz CT molecular complexity index is 1520. The molecule has 0 spiro atoms. The molecule has 5 rings (SSSR count). The minimum absolute atomic E-state index is 0.0848. The van der Waals surface area contributed by atoms with Gasteiger partial charge in [-0.25, -0.2) is 13.4 Å². The van der Waals surface area contributed by atoms with Crippen LogP contribution in [0.15, 0.2) is 116 Å². The Morgan fingerprint density at radius 3 is 2.63 bits per heavy atom. The molecule has 3 atom stereocenters. The Morgan fingerprint density at radius 1 is 1.08 bits per heavy atom. The molecule has 7 nitrogen and oxygen atoms in total. The number of aliphatic hydroxyl groups is 1. The number of thiophene rings is 1. The van der Waals surface area contributed by atoms with Crippen LogP contribution in [0, 0.1) is 5.92 Å². The zero-order chi connectivity index (χ0) is 26.7. The Balaban J connectivity index is 1.49. The first-order valence-corrected chi connectivity index (χ1v) is 14.8. The Hall–Kier alpha value is -3.66. The highest BCUT2D eigenvalue weighted by atomic mass is 32.2. The van der Waals surface area contributed by atoms with Crippen LogP contribution in [0.3, 0.4) is 0 Å². The lowest BCUT2D eigenvalue weighted by molar-refractivity contribution is 0.00547. The summed E-state index contributed by atoms with van der Waals surface area (Å²) in [7, 11) is -3.79. The molecule has 9 heteroatoms. The predicted molar refractivity (Wildman–Crippen MR) is 151 cm³/mol. The maximum atomic E-state index is 13.3. The number of nitrogens with one attached hydrogen (secondary N) is 1. The number of aliphatic hydroxyl groups excluding tert-OH is 1. The van der Waals surface area contributed by atoms with Crippen LogP contribution in [-0.2, 0) is 9.84 Å². The maximum absolute atomic E-state index is 13.3. The normalized spacial score (nSPS) is 23.5. The summed E-state index contributed by atoms with van der Waals surface area (Å²) in [4.78, 5) is 0.261. The molecule has 1 aliphatic carbocycles. The molecule has 196 valence electrons. The van der Waals surface area contributed by atoms with Crippen molar-refractivity contribution in [3.05, 3.63) is 107 Å². The van der Waals surface area contributed by atoms with E-state index in [0.29, 0.717) is 17.9 Å². The third kappa shape index (κ3) is 5.31. The molecule has 0 saturated heterocycles. The van der Waals surface area contributed by atoms with Gasteiger partial charge in [0.05, 0.1) is 22.3 Å². The van der Waals surface area contributed by atoms with Crippen LogP contribution in [0.4, 0.5) is 5.69 Å². The van der Waals surface area contributed by atoms with Gasteiger partial charge in [0.25, 0.3) is 0 Å². The van der Waals surface area contributed by atoms with Crippen LogP contribution in [-0.4, -0.2) is 35.7 Å². The highest BCUT2D eigenvalue weighted by Crippen LogP contribution is 2.39. The molecular formula is C29H29N3O4S2. The van der Waals surface area contributed by atoms with Crippen molar-refractivity contribution in [3.63, 3.8) is 0 Å². The van der Waals surface area contributed by atoms with Gasteiger partial charge in [0.15, 0.2) is 0 Å². The third-order valence-electron chi connectivity index (χ3n) is 6.57. The lowest BCUT2D eigenvalue weighted by Gasteiger charge is -2.29. The third-order valence-corrected chi connectivity index (χ3v) is 9.27. The van der Waals surface area contributed by atoms with Crippen molar-refractivity contribution in [3.8, 4) is 5.75 Å². The molecule has 2 heterocycles. The number of nitrogens with zero attached hydrogens (tertiary/aromatic N) is 2. The van der Waals surface area contributed by atoms with Crippen LogP contribution in [0.25, 0.3) is 0 Å². The monoisotopic (exact) mass is 547 g/mol. The summed E-state index contributed by atoms with van der Waals surface area (Å²) in [5, 5.41) is 34.4. The second-order valence-corrected chi connectivity index (χ2v) is 12.0. The van der Waals surface area contributed by atoms with Crippen LogP contribution >= 0.6 is 11.3 Å². The van der Waals surface area contributed by atoms with Gasteiger partial charge in [0.2, 0.25) is 16.2 Å². The van der Waals surface area contributed by atoms with Crippen molar-refractivity contribution >= 4 is 32.6 Å².